The zero-order valence-corrected chi connectivity index (χ0v) is 16.2. The Morgan fingerprint density at radius 3 is 2.19 bits per heavy atom. The summed E-state index contributed by atoms with van der Waals surface area (Å²) in [6, 6.07) is 16.4. The first kappa shape index (κ1) is 17.6. The van der Waals surface area contributed by atoms with Crippen molar-refractivity contribution in [3.8, 4) is 11.5 Å². The van der Waals surface area contributed by atoms with Crippen molar-refractivity contribution in [1.82, 2.24) is 10.6 Å². The lowest BCUT2D eigenvalue weighted by Crippen LogP contribution is -2.42. The quantitative estimate of drug-likeness (QED) is 0.774. The van der Waals surface area contributed by atoms with Gasteiger partial charge in [-0.1, -0.05) is 30.3 Å². The number of thiocarbonyl (C=S) groups is 1. The zero-order valence-electron chi connectivity index (χ0n) is 15.4. The Hall–Kier alpha value is -2.79. The minimum Gasteiger partial charge on any atom is -0.497 e. The molecule has 2 aliphatic rings. The van der Waals surface area contributed by atoms with Crippen LogP contribution in [0.3, 0.4) is 0 Å². The van der Waals surface area contributed by atoms with Crippen molar-refractivity contribution in [2.45, 2.75) is 18.9 Å². The summed E-state index contributed by atoms with van der Waals surface area (Å²) in [7, 11) is 3.36. The van der Waals surface area contributed by atoms with Gasteiger partial charge in [-0.05, 0) is 66.0 Å². The molecular formula is C22H22N2O2S. The van der Waals surface area contributed by atoms with E-state index < -0.39 is 0 Å². The number of hydrogen-bond acceptors (Lipinski definition) is 3. The predicted octanol–water partition coefficient (Wildman–Crippen LogP) is 4.35. The SMILES string of the molecule is COc1ccc(C=C2CCC3=C2C(c2ccc(OC)cc2)NC(=S)N3)cc1. The van der Waals surface area contributed by atoms with Crippen molar-refractivity contribution < 1.29 is 9.47 Å². The van der Waals surface area contributed by atoms with Crippen molar-refractivity contribution in [2.24, 2.45) is 0 Å². The fourth-order valence-electron chi connectivity index (χ4n) is 3.69. The van der Waals surface area contributed by atoms with Gasteiger partial charge < -0.3 is 20.1 Å². The highest BCUT2D eigenvalue weighted by Crippen LogP contribution is 2.41. The van der Waals surface area contributed by atoms with Crippen LogP contribution in [-0.2, 0) is 0 Å². The molecule has 0 aromatic heterocycles. The molecule has 1 aliphatic heterocycles. The first-order valence-corrected chi connectivity index (χ1v) is 9.38. The van der Waals surface area contributed by atoms with E-state index in [0.717, 1.165) is 24.3 Å². The minimum absolute atomic E-state index is 0.0478. The van der Waals surface area contributed by atoms with Crippen LogP contribution in [0, 0.1) is 0 Å². The molecule has 1 unspecified atom stereocenters. The molecule has 2 aromatic rings. The molecule has 2 N–H and O–H groups in total. The summed E-state index contributed by atoms with van der Waals surface area (Å²) in [5.74, 6) is 1.72. The summed E-state index contributed by atoms with van der Waals surface area (Å²) < 4.78 is 10.5. The monoisotopic (exact) mass is 378 g/mol. The molecule has 1 aliphatic carbocycles. The van der Waals surface area contributed by atoms with Crippen molar-refractivity contribution >= 4 is 23.4 Å². The molecule has 0 saturated carbocycles. The number of benzene rings is 2. The number of methoxy groups -OCH3 is 2. The van der Waals surface area contributed by atoms with Crippen molar-refractivity contribution in [2.75, 3.05) is 14.2 Å². The van der Waals surface area contributed by atoms with Gasteiger partial charge in [0, 0.05) is 11.3 Å². The molecule has 138 valence electrons. The van der Waals surface area contributed by atoms with Gasteiger partial charge in [0.1, 0.15) is 11.5 Å². The lowest BCUT2D eigenvalue weighted by atomic mass is 9.92. The zero-order chi connectivity index (χ0) is 18.8. The van der Waals surface area contributed by atoms with E-state index >= 15 is 0 Å². The van der Waals surface area contributed by atoms with E-state index in [-0.39, 0.29) is 6.04 Å². The molecule has 4 rings (SSSR count). The number of hydrogen-bond donors (Lipinski definition) is 2. The first-order valence-electron chi connectivity index (χ1n) is 8.97. The molecule has 0 saturated heterocycles. The Bertz CT molecular complexity index is 914. The summed E-state index contributed by atoms with van der Waals surface area (Å²) in [4.78, 5) is 0. The number of allylic oxidation sites excluding steroid dienone is 1. The Labute approximate surface area is 164 Å². The van der Waals surface area contributed by atoms with Gasteiger partial charge in [0.25, 0.3) is 0 Å². The van der Waals surface area contributed by atoms with E-state index in [1.807, 2.05) is 24.3 Å². The molecule has 4 nitrogen and oxygen atoms in total. The topological polar surface area (TPSA) is 42.5 Å². The molecule has 1 atom stereocenters. The molecule has 0 spiro atoms. The van der Waals surface area contributed by atoms with Gasteiger partial charge in [0.2, 0.25) is 0 Å². The molecule has 0 radical (unpaired) electrons. The van der Waals surface area contributed by atoms with Crippen molar-refractivity contribution in [3.05, 3.63) is 76.5 Å². The Morgan fingerprint density at radius 2 is 1.56 bits per heavy atom. The van der Waals surface area contributed by atoms with Gasteiger partial charge in [0.05, 0.1) is 20.3 Å². The Balaban J connectivity index is 1.70. The molecule has 5 heteroatoms. The van der Waals surface area contributed by atoms with Crippen LogP contribution in [0.4, 0.5) is 0 Å². The van der Waals surface area contributed by atoms with E-state index in [9.17, 15) is 0 Å². The molecule has 27 heavy (non-hydrogen) atoms. The Kier molecular flexibility index (Phi) is 4.86. The lowest BCUT2D eigenvalue weighted by Gasteiger charge is -2.30. The summed E-state index contributed by atoms with van der Waals surface area (Å²) >= 11 is 5.44. The van der Waals surface area contributed by atoms with E-state index in [0.29, 0.717) is 5.11 Å². The third-order valence-electron chi connectivity index (χ3n) is 5.05. The highest BCUT2D eigenvalue weighted by Gasteiger charge is 2.32. The standard InChI is InChI=1S/C22H22N2O2S/c1-25-17-8-3-14(4-9-17)13-16-7-12-19-20(16)21(24-22(27)23-19)15-5-10-18(26-2)11-6-15/h3-6,8-11,13,21H,7,12H2,1-2H3,(H2,23,24,27). The van der Waals surface area contributed by atoms with Crippen LogP contribution in [-0.4, -0.2) is 19.3 Å². The van der Waals surface area contributed by atoms with E-state index in [2.05, 4.69) is 41.0 Å². The minimum atomic E-state index is 0.0478. The van der Waals surface area contributed by atoms with Gasteiger partial charge in [-0.15, -0.1) is 0 Å². The van der Waals surface area contributed by atoms with E-state index in [1.54, 1.807) is 14.2 Å². The normalized spacial score (nSPS) is 20.1. The average Bonchev–Trinajstić information content (AvgIpc) is 3.10. The highest BCUT2D eigenvalue weighted by atomic mass is 32.1. The first-order chi connectivity index (χ1) is 13.2. The van der Waals surface area contributed by atoms with Gasteiger partial charge >= 0.3 is 0 Å². The molecule has 0 bridgehead atoms. The Morgan fingerprint density at radius 1 is 0.926 bits per heavy atom. The van der Waals surface area contributed by atoms with Gasteiger partial charge in [-0.3, -0.25) is 0 Å². The molecule has 0 fully saturated rings. The number of nitrogens with one attached hydrogen (secondary N) is 2. The van der Waals surface area contributed by atoms with Crippen LogP contribution >= 0.6 is 12.2 Å². The van der Waals surface area contributed by atoms with Crippen LogP contribution in [0.15, 0.2) is 65.4 Å². The van der Waals surface area contributed by atoms with Gasteiger partial charge in [-0.25, -0.2) is 0 Å². The smallest absolute Gasteiger partial charge is 0.171 e. The van der Waals surface area contributed by atoms with E-state index in [4.69, 9.17) is 21.7 Å². The largest absolute Gasteiger partial charge is 0.497 e. The third-order valence-corrected chi connectivity index (χ3v) is 5.27. The van der Waals surface area contributed by atoms with Crippen LogP contribution in [0.25, 0.3) is 6.08 Å². The number of ether oxygens (including phenoxy) is 2. The second-order valence-corrected chi connectivity index (χ2v) is 7.05. The average molecular weight is 378 g/mol. The summed E-state index contributed by atoms with van der Waals surface area (Å²) in [6.45, 7) is 0. The molecule has 1 heterocycles. The molecular weight excluding hydrogens is 356 g/mol. The fourth-order valence-corrected chi connectivity index (χ4v) is 3.93. The maximum atomic E-state index is 5.44. The van der Waals surface area contributed by atoms with Crippen molar-refractivity contribution in [1.29, 1.82) is 0 Å². The fraction of sp³-hybridized carbons (Fsp3) is 0.227. The van der Waals surface area contributed by atoms with Crippen LogP contribution in [0.2, 0.25) is 0 Å². The number of rotatable bonds is 4. The summed E-state index contributed by atoms with van der Waals surface area (Å²) in [6.07, 6.45) is 4.24. The lowest BCUT2D eigenvalue weighted by molar-refractivity contribution is 0.414. The maximum Gasteiger partial charge on any atom is 0.171 e. The van der Waals surface area contributed by atoms with Crippen molar-refractivity contribution in [3.63, 3.8) is 0 Å². The summed E-state index contributed by atoms with van der Waals surface area (Å²) in [5.41, 5.74) is 6.19. The molecule has 2 aromatic carbocycles. The van der Waals surface area contributed by atoms with Crippen LogP contribution in [0.5, 0.6) is 11.5 Å². The van der Waals surface area contributed by atoms with Crippen LogP contribution in [0.1, 0.15) is 30.0 Å². The third kappa shape index (κ3) is 3.55. The second-order valence-electron chi connectivity index (χ2n) is 6.64. The van der Waals surface area contributed by atoms with Gasteiger partial charge in [-0.2, -0.15) is 0 Å². The van der Waals surface area contributed by atoms with E-state index in [1.165, 1.54) is 28.0 Å². The van der Waals surface area contributed by atoms with Crippen LogP contribution < -0.4 is 20.1 Å². The summed E-state index contributed by atoms with van der Waals surface area (Å²) in [5, 5.41) is 7.47. The maximum absolute atomic E-state index is 5.44. The predicted molar refractivity (Wildman–Crippen MR) is 112 cm³/mol. The highest BCUT2D eigenvalue weighted by molar-refractivity contribution is 7.80. The van der Waals surface area contributed by atoms with Gasteiger partial charge in [0.15, 0.2) is 5.11 Å². The molecule has 0 amide bonds. The second kappa shape index (κ2) is 7.45.